The molecule has 1 aliphatic rings. The number of ether oxygens (including phenoxy) is 2. The molecule has 0 aromatic heterocycles. The summed E-state index contributed by atoms with van der Waals surface area (Å²) in [5, 5.41) is 9.19. The van der Waals surface area contributed by atoms with E-state index in [9.17, 15) is 19.5 Å². The van der Waals surface area contributed by atoms with E-state index in [2.05, 4.69) is 0 Å². The van der Waals surface area contributed by atoms with Crippen molar-refractivity contribution in [1.29, 1.82) is 0 Å². The third-order valence-corrected chi connectivity index (χ3v) is 4.24. The molecule has 1 N–H and O–H groups in total. The predicted octanol–water partition coefficient (Wildman–Crippen LogP) is 2.13. The first-order chi connectivity index (χ1) is 13.1. The van der Waals surface area contributed by atoms with Gasteiger partial charge in [-0.25, -0.2) is 4.79 Å². The summed E-state index contributed by atoms with van der Waals surface area (Å²) < 4.78 is 10.6. The standard InChI is InChI=1S/C20H28N2O6/c1-20(2,3)28-19(26)21-10-9-16(11-21)22(12-17(23)24)13-18(25)27-14-15-7-5-4-6-8-15/h4-8,16H,9-14H2,1-3H3,(H,23,24)/t16-/m0/s1. The van der Waals surface area contributed by atoms with Crippen LogP contribution in [-0.4, -0.2) is 70.8 Å². The van der Waals surface area contributed by atoms with Gasteiger partial charge in [0.1, 0.15) is 12.2 Å². The number of nitrogens with zero attached hydrogens (tertiary/aromatic N) is 2. The van der Waals surface area contributed by atoms with Crippen LogP contribution in [0.2, 0.25) is 0 Å². The van der Waals surface area contributed by atoms with E-state index in [0.29, 0.717) is 19.5 Å². The molecule has 0 saturated carbocycles. The van der Waals surface area contributed by atoms with Crippen LogP contribution in [0, 0.1) is 0 Å². The van der Waals surface area contributed by atoms with E-state index in [-0.39, 0.29) is 25.7 Å². The number of benzene rings is 1. The van der Waals surface area contributed by atoms with Crippen molar-refractivity contribution in [2.24, 2.45) is 0 Å². The number of rotatable bonds is 7. The van der Waals surface area contributed by atoms with Crippen molar-refractivity contribution in [2.45, 2.75) is 45.4 Å². The van der Waals surface area contributed by atoms with E-state index in [1.54, 1.807) is 30.6 Å². The van der Waals surface area contributed by atoms with Crippen molar-refractivity contribution in [3.63, 3.8) is 0 Å². The molecule has 0 unspecified atom stereocenters. The molecule has 1 aromatic rings. The highest BCUT2D eigenvalue weighted by Gasteiger charge is 2.34. The molecule has 1 amide bonds. The SMILES string of the molecule is CC(C)(C)OC(=O)N1CC[C@H](N(CC(=O)O)CC(=O)OCc2ccccc2)C1. The Hall–Kier alpha value is -2.61. The molecular formula is C20H28N2O6. The number of carboxylic acids is 1. The van der Waals surface area contributed by atoms with Gasteiger partial charge in [0.2, 0.25) is 0 Å². The summed E-state index contributed by atoms with van der Waals surface area (Å²) >= 11 is 0. The van der Waals surface area contributed by atoms with Crippen molar-refractivity contribution in [3.05, 3.63) is 35.9 Å². The van der Waals surface area contributed by atoms with Crippen LogP contribution in [0.4, 0.5) is 4.79 Å². The molecule has 154 valence electrons. The molecule has 1 fully saturated rings. The van der Waals surface area contributed by atoms with Crippen LogP contribution in [0.15, 0.2) is 30.3 Å². The van der Waals surface area contributed by atoms with E-state index >= 15 is 0 Å². The third kappa shape index (κ3) is 7.19. The summed E-state index contributed by atoms with van der Waals surface area (Å²) in [6.45, 7) is 5.82. The molecule has 2 rings (SSSR count). The molecule has 1 atom stereocenters. The summed E-state index contributed by atoms with van der Waals surface area (Å²) in [4.78, 5) is 38.7. The fourth-order valence-electron chi connectivity index (χ4n) is 2.97. The first kappa shape index (κ1) is 21.7. The van der Waals surface area contributed by atoms with Crippen molar-refractivity contribution in [2.75, 3.05) is 26.2 Å². The summed E-state index contributed by atoms with van der Waals surface area (Å²) in [5.41, 5.74) is 0.259. The van der Waals surface area contributed by atoms with Crippen LogP contribution in [0.5, 0.6) is 0 Å². The average Bonchev–Trinajstić information content (AvgIpc) is 3.09. The maximum Gasteiger partial charge on any atom is 0.410 e. The van der Waals surface area contributed by atoms with E-state index < -0.39 is 23.6 Å². The largest absolute Gasteiger partial charge is 0.480 e. The number of carbonyl (C=O) groups is 3. The van der Waals surface area contributed by atoms with Gasteiger partial charge in [0, 0.05) is 19.1 Å². The number of hydrogen-bond donors (Lipinski definition) is 1. The summed E-state index contributed by atoms with van der Waals surface area (Å²) in [6, 6.07) is 9.02. The highest BCUT2D eigenvalue weighted by Crippen LogP contribution is 2.19. The Morgan fingerprint density at radius 2 is 1.86 bits per heavy atom. The molecule has 28 heavy (non-hydrogen) atoms. The second-order valence-electron chi connectivity index (χ2n) is 7.81. The van der Waals surface area contributed by atoms with E-state index in [0.717, 1.165) is 5.56 Å². The number of esters is 1. The lowest BCUT2D eigenvalue weighted by atomic mass is 10.2. The van der Waals surface area contributed by atoms with Gasteiger partial charge in [-0.3, -0.25) is 14.5 Å². The first-order valence-electron chi connectivity index (χ1n) is 9.27. The van der Waals surface area contributed by atoms with Crippen molar-refractivity contribution in [1.82, 2.24) is 9.80 Å². The van der Waals surface area contributed by atoms with Gasteiger partial charge in [0.05, 0.1) is 13.1 Å². The van der Waals surface area contributed by atoms with E-state index in [1.165, 1.54) is 0 Å². The Morgan fingerprint density at radius 3 is 2.46 bits per heavy atom. The van der Waals surface area contributed by atoms with E-state index in [1.807, 2.05) is 30.3 Å². The van der Waals surface area contributed by atoms with Crippen LogP contribution < -0.4 is 0 Å². The highest BCUT2D eigenvalue weighted by atomic mass is 16.6. The van der Waals surface area contributed by atoms with Gasteiger partial charge in [-0.15, -0.1) is 0 Å². The normalized spacial score (nSPS) is 16.9. The van der Waals surface area contributed by atoms with Crippen molar-refractivity contribution >= 4 is 18.0 Å². The number of likely N-dealkylation sites (tertiary alicyclic amines) is 1. The number of aliphatic carboxylic acids is 1. The van der Waals surface area contributed by atoms with Gasteiger partial charge in [0.25, 0.3) is 0 Å². The summed E-state index contributed by atoms with van der Waals surface area (Å²) in [5.74, 6) is -1.53. The maximum atomic E-state index is 12.2. The third-order valence-electron chi connectivity index (χ3n) is 4.24. The molecule has 1 aliphatic heterocycles. The molecule has 8 heteroatoms. The lowest BCUT2D eigenvalue weighted by molar-refractivity contribution is -0.148. The Balaban J connectivity index is 1.91. The fourth-order valence-corrected chi connectivity index (χ4v) is 2.97. The minimum Gasteiger partial charge on any atom is -0.480 e. The maximum absolute atomic E-state index is 12.2. The second-order valence-corrected chi connectivity index (χ2v) is 7.81. The van der Waals surface area contributed by atoms with Gasteiger partial charge < -0.3 is 19.5 Å². The summed E-state index contributed by atoms with van der Waals surface area (Å²) in [7, 11) is 0. The topological polar surface area (TPSA) is 96.4 Å². The minimum absolute atomic E-state index is 0.134. The number of amides is 1. The quantitative estimate of drug-likeness (QED) is 0.710. The molecule has 0 bridgehead atoms. The molecule has 1 heterocycles. The highest BCUT2D eigenvalue weighted by molar-refractivity contribution is 5.74. The smallest absolute Gasteiger partial charge is 0.410 e. The van der Waals surface area contributed by atoms with Crippen molar-refractivity contribution < 1.29 is 29.0 Å². The number of carbonyl (C=O) groups excluding carboxylic acids is 2. The zero-order valence-electron chi connectivity index (χ0n) is 16.6. The van der Waals surface area contributed by atoms with Gasteiger partial charge in [-0.2, -0.15) is 0 Å². The van der Waals surface area contributed by atoms with Crippen molar-refractivity contribution in [3.8, 4) is 0 Å². The zero-order valence-corrected chi connectivity index (χ0v) is 16.6. The lowest BCUT2D eigenvalue weighted by Crippen LogP contribution is -2.45. The average molecular weight is 392 g/mol. The zero-order chi connectivity index (χ0) is 20.7. The number of hydrogen-bond acceptors (Lipinski definition) is 6. The molecular weight excluding hydrogens is 364 g/mol. The minimum atomic E-state index is -1.04. The Labute approximate surface area is 165 Å². The monoisotopic (exact) mass is 392 g/mol. The van der Waals surface area contributed by atoms with Crippen LogP contribution in [0.1, 0.15) is 32.8 Å². The van der Waals surface area contributed by atoms with Crippen LogP contribution in [0.3, 0.4) is 0 Å². The first-order valence-corrected chi connectivity index (χ1v) is 9.27. The van der Waals surface area contributed by atoms with Crippen LogP contribution >= 0.6 is 0 Å². The predicted molar refractivity (Wildman–Crippen MR) is 102 cm³/mol. The Morgan fingerprint density at radius 1 is 1.18 bits per heavy atom. The summed E-state index contributed by atoms with van der Waals surface area (Å²) in [6.07, 6.45) is 0.135. The van der Waals surface area contributed by atoms with Gasteiger partial charge in [-0.1, -0.05) is 30.3 Å². The Kier molecular flexibility index (Phi) is 7.39. The molecule has 1 aromatic carbocycles. The lowest BCUT2D eigenvalue weighted by Gasteiger charge is -2.27. The Bertz CT molecular complexity index is 686. The number of carboxylic acid groups (broad SMARTS) is 1. The van der Waals surface area contributed by atoms with Crippen LogP contribution in [0.25, 0.3) is 0 Å². The van der Waals surface area contributed by atoms with E-state index in [4.69, 9.17) is 9.47 Å². The molecule has 1 saturated heterocycles. The molecule has 0 radical (unpaired) electrons. The second kappa shape index (κ2) is 9.54. The fraction of sp³-hybridized carbons (Fsp3) is 0.550. The molecule has 8 nitrogen and oxygen atoms in total. The van der Waals surface area contributed by atoms with Gasteiger partial charge in [-0.05, 0) is 32.8 Å². The van der Waals surface area contributed by atoms with Crippen LogP contribution in [-0.2, 0) is 25.7 Å². The van der Waals surface area contributed by atoms with Gasteiger partial charge in [0.15, 0.2) is 0 Å². The van der Waals surface area contributed by atoms with Gasteiger partial charge >= 0.3 is 18.0 Å². The molecule has 0 spiro atoms. The molecule has 0 aliphatic carbocycles.